The number of piperidine rings is 1. The van der Waals surface area contributed by atoms with Gasteiger partial charge in [0.2, 0.25) is 5.91 Å². The Balaban J connectivity index is 1.43. The van der Waals surface area contributed by atoms with Crippen molar-refractivity contribution in [1.29, 1.82) is 0 Å². The van der Waals surface area contributed by atoms with E-state index >= 15 is 0 Å². The molecule has 28 heavy (non-hydrogen) atoms. The van der Waals surface area contributed by atoms with E-state index in [2.05, 4.69) is 25.8 Å². The smallest absolute Gasteiger partial charge is 0.276 e. The average molecular weight is 381 g/mol. The van der Waals surface area contributed by atoms with Crippen LogP contribution in [0.4, 0.5) is 5.69 Å². The van der Waals surface area contributed by atoms with Crippen LogP contribution in [0.15, 0.2) is 41.4 Å². The molecule has 1 saturated heterocycles. The third-order valence-corrected chi connectivity index (χ3v) is 4.75. The number of hydrogen-bond donors (Lipinski definition) is 1. The van der Waals surface area contributed by atoms with Gasteiger partial charge in [-0.15, -0.1) is 5.10 Å². The van der Waals surface area contributed by atoms with Gasteiger partial charge in [0.25, 0.3) is 5.91 Å². The molecular formula is C18H19N7O3. The molecule has 3 heterocycles. The topological polar surface area (TPSA) is 119 Å². The van der Waals surface area contributed by atoms with Gasteiger partial charge in [-0.2, -0.15) is 0 Å². The highest BCUT2D eigenvalue weighted by atomic mass is 16.3. The summed E-state index contributed by atoms with van der Waals surface area (Å²) in [6.07, 6.45) is 4.22. The summed E-state index contributed by atoms with van der Waals surface area (Å²) in [4.78, 5) is 31.0. The summed E-state index contributed by atoms with van der Waals surface area (Å²) in [7, 11) is 0. The number of nitrogens with one attached hydrogen (secondary N) is 1. The number of rotatable bonds is 4. The Morgan fingerprint density at radius 2 is 2.21 bits per heavy atom. The minimum absolute atomic E-state index is 0.122. The van der Waals surface area contributed by atoms with Gasteiger partial charge in [-0.25, -0.2) is 9.67 Å². The second-order valence-corrected chi connectivity index (χ2v) is 6.64. The first kappa shape index (κ1) is 17.8. The Labute approximate surface area is 160 Å². The van der Waals surface area contributed by atoms with Crippen LogP contribution >= 0.6 is 0 Å². The van der Waals surface area contributed by atoms with Crippen molar-refractivity contribution in [2.24, 2.45) is 5.92 Å². The Morgan fingerprint density at radius 3 is 2.96 bits per heavy atom. The van der Waals surface area contributed by atoms with Crippen molar-refractivity contribution in [3.05, 3.63) is 48.4 Å². The number of benzene rings is 1. The van der Waals surface area contributed by atoms with Crippen LogP contribution in [0.2, 0.25) is 0 Å². The summed E-state index contributed by atoms with van der Waals surface area (Å²) in [6, 6.07) is 7.25. The van der Waals surface area contributed by atoms with Crippen molar-refractivity contribution in [1.82, 2.24) is 30.1 Å². The molecule has 1 aromatic carbocycles. The molecule has 144 valence electrons. The normalized spacial score (nSPS) is 16.8. The lowest BCUT2D eigenvalue weighted by molar-refractivity contribution is -0.121. The number of likely N-dealkylation sites (tertiary alicyclic amines) is 1. The van der Waals surface area contributed by atoms with Crippen LogP contribution in [0.5, 0.6) is 0 Å². The summed E-state index contributed by atoms with van der Waals surface area (Å²) < 4.78 is 6.63. The highest BCUT2D eigenvalue weighted by molar-refractivity contribution is 5.95. The van der Waals surface area contributed by atoms with Crippen LogP contribution in [0, 0.1) is 12.8 Å². The van der Waals surface area contributed by atoms with Gasteiger partial charge in [0.1, 0.15) is 12.1 Å². The monoisotopic (exact) mass is 381 g/mol. The maximum atomic E-state index is 12.8. The predicted octanol–water partition coefficient (Wildman–Crippen LogP) is 1.45. The lowest BCUT2D eigenvalue weighted by Gasteiger charge is -2.31. The molecule has 0 unspecified atom stereocenters. The molecule has 0 aliphatic carbocycles. The van der Waals surface area contributed by atoms with E-state index in [1.807, 2.05) is 12.1 Å². The number of nitrogens with zero attached hydrogens (tertiary/aromatic N) is 6. The van der Waals surface area contributed by atoms with Gasteiger partial charge in [-0.3, -0.25) is 9.59 Å². The Bertz CT molecular complexity index is 983. The van der Waals surface area contributed by atoms with Gasteiger partial charge < -0.3 is 14.6 Å². The van der Waals surface area contributed by atoms with E-state index in [1.165, 1.54) is 17.4 Å². The highest BCUT2D eigenvalue weighted by Gasteiger charge is 2.30. The number of oxazole rings is 1. The molecule has 10 heteroatoms. The molecule has 10 nitrogen and oxygen atoms in total. The van der Waals surface area contributed by atoms with Crippen LogP contribution in [0.25, 0.3) is 5.69 Å². The first-order chi connectivity index (χ1) is 13.6. The van der Waals surface area contributed by atoms with Crippen LogP contribution in [-0.2, 0) is 4.79 Å². The lowest BCUT2D eigenvalue weighted by Crippen LogP contribution is -2.44. The van der Waals surface area contributed by atoms with Crippen LogP contribution in [0.3, 0.4) is 0 Å². The number of tetrazole rings is 1. The maximum absolute atomic E-state index is 12.8. The number of carbonyl (C=O) groups excluding carboxylic acids is 2. The third-order valence-electron chi connectivity index (χ3n) is 4.75. The van der Waals surface area contributed by atoms with Gasteiger partial charge >= 0.3 is 0 Å². The van der Waals surface area contributed by atoms with Gasteiger partial charge in [0.15, 0.2) is 12.1 Å². The molecule has 1 N–H and O–H groups in total. The molecule has 0 spiro atoms. The van der Waals surface area contributed by atoms with Gasteiger partial charge in [0.05, 0.1) is 11.6 Å². The standard InChI is InChI=1S/C18H19N7O3/c1-12-16(19-11-28-12)18(27)24-7-3-4-13(9-24)17(26)21-14-5-2-6-15(8-14)25-10-20-22-23-25/h2,5-6,8,10-11,13H,3-4,7,9H2,1H3,(H,21,26)/t13-/m0/s1. The van der Waals surface area contributed by atoms with Gasteiger partial charge in [-0.1, -0.05) is 6.07 Å². The molecular weight excluding hydrogens is 362 g/mol. The van der Waals surface area contributed by atoms with E-state index in [0.29, 0.717) is 30.2 Å². The fraction of sp³-hybridized carbons (Fsp3) is 0.333. The zero-order valence-corrected chi connectivity index (χ0v) is 15.3. The minimum Gasteiger partial charge on any atom is -0.448 e. The SMILES string of the molecule is Cc1ocnc1C(=O)N1CCC[C@H](C(=O)Nc2cccc(-n3cnnn3)c2)C1. The van der Waals surface area contributed by atoms with E-state index in [1.54, 1.807) is 24.0 Å². The zero-order chi connectivity index (χ0) is 19.5. The van der Waals surface area contributed by atoms with Crippen molar-refractivity contribution >= 4 is 17.5 Å². The quantitative estimate of drug-likeness (QED) is 0.726. The number of aryl methyl sites for hydroxylation is 1. The van der Waals surface area contributed by atoms with Crippen molar-refractivity contribution in [2.45, 2.75) is 19.8 Å². The van der Waals surface area contributed by atoms with E-state index in [4.69, 9.17) is 4.42 Å². The van der Waals surface area contributed by atoms with Crippen molar-refractivity contribution < 1.29 is 14.0 Å². The zero-order valence-electron chi connectivity index (χ0n) is 15.3. The first-order valence-corrected chi connectivity index (χ1v) is 8.95. The molecule has 4 rings (SSSR count). The van der Waals surface area contributed by atoms with Crippen molar-refractivity contribution in [3.63, 3.8) is 0 Å². The Hall–Kier alpha value is -3.56. The Kier molecular flexibility index (Phi) is 4.83. The summed E-state index contributed by atoms with van der Waals surface area (Å²) >= 11 is 0. The fourth-order valence-electron chi connectivity index (χ4n) is 3.29. The third kappa shape index (κ3) is 3.61. The molecule has 1 fully saturated rings. The molecule has 0 bridgehead atoms. The molecule has 1 atom stereocenters. The van der Waals surface area contributed by atoms with E-state index in [0.717, 1.165) is 18.5 Å². The summed E-state index contributed by atoms with van der Waals surface area (Å²) in [5.74, 6) is -0.134. The fourth-order valence-corrected chi connectivity index (χ4v) is 3.29. The largest absolute Gasteiger partial charge is 0.448 e. The van der Waals surface area contributed by atoms with Gasteiger partial charge in [-0.05, 0) is 48.4 Å². The molecule has 1 aliphatic heterocycles. The molecule has 1 aliphatic rings. The maximum Gasteiger partial charge on any atom is 0.276 e. The van der Waals surface area contributed by atoms with E-state index in [-0.39, 0.29) is 17.7 Å². The molecule has 2 aromatic heterocycles. The average Bonchev–Trinajstić information content (AvgIpc) is 3.39. The summed E-state index contributed by atoms with van der Waals surface area (Å²) in [5, 5.41) is 14.0. The Morgan fingerprint density at radius 1 is 1.32 bits per heavy atom. The number of hydrogen-bond acceptors (Lipinski definition) is 7. The summed E-state index contributed by atoms with van der Waals surface area (Å²) in [5.41, 5.74) is 1.69. The molecule has 3 aromatic rings. The van der Waals surface area contributed by atoms with Crippen molar-refractivity contribution in [3.8, 4) is 5.69 Å². The second-order valence-electron chi connectivity index (χ2n) is 6.64. The second kappa shape index (κ2) is 7.59. The molecule has 0 radical (unpaired) electrons. The minimum atomic E-state index is -0.290. The summed E-state index contributed by atoms with van der Waals surface area (Å²) in [6.45, 7) is 2.65. The number of aromatic nitrogens is 5. The van der Waals surface area contributed by atoms with Crippen LogP contribution < -0.4 is 5.32 Å². The predicted molar refractivity (Wildman–Crippen MR) is 97.7 cm³/mol. The van der Waals surface area contributed by atoms with Crippen LogP contribution in [-0.4, -0.2) is 55.0 Å². The highest BCUT2D eigenvalue weighted by Crippen LogP contribution is 2.22. The van der Waals surface area contributed by atoms with Gasteiger partial charge in [0, 0.05) is 18.8 Å². The molecule has 0 saturated carbocycles. The van der Waals surface area contributed by atoms with E-state index < -0.39 is 0 Å². The van der Waals surface area contributed by atoms with Crippen molar-refractivity contribution in [2.75, 3.05) is 18.4 Å². The molecule has 2 amide bonds. The lowest BCUT2D eigenvalue weighted by atomic mass is 9.96. The number of amides is 2. The first-order valence-electron chi connectivity index (χ1n) is 8.95. The number of anilines is 1. The van der Waals surface area contributed by atoms with E-state index in [9.17, 15) is 9.59 Å². The number of carbonyl (C=O) groups is 2. The van der Waals surface area contributed by atoms with Crippen LogP contribution in [0.1, 0.15) is 29.1 Å².